The van der Waals surface area contributed by atoms with E-state index >= 15 is 0 Å². The van der Waals surface area contributed by atoms with Gasteiger partial charge in [-0.1, -0.05) is 24.3 Å². The first-order valence-corrected chi connectivity index (χ1v) is 6.99. The van der Waals surface area contributed by atoms with Crippen LogP contribution in [0.5, 0.6) is 0 Å². The predicted molar refractivity (Wildman–Crippen MR) is 74.8 cm³/mol. The van der Waals surface area contributed by atoms with E-state index in [-0.39, 0.29) is 0 Å². The molecule has 1 aromatic carbocycles. The number of aryl methyl sites for hydroxylation is 1. The minimum Gasteiger partial charge on any atom is -0.382 e. The summed E-state index contributed by atoms with van der Waals surface area (Å²) >= 11 is 6.04. The molecule has 0 saturated carbocycles. The van der Waals surface area contributed by atoms with E-state index in [1.807, 2.05) is 6.92 Å². The number of benzene rings is 1. The smallest absolute Gasteiger partial charge is 0.0466 e. The lowest BCUT2D eigenvalue weighted by Gasteiger charge is -2.15. The molecule has 0 bridgehead atoms. The zero-order valence-corrected chi connectivity index (χ0v) is 11.7. The molecule has 17 heavy (non-hydrogen) atoms. The molecular weight excluding hydrogens is 232 g/mol. The summed E-state index contributed by atoms with van der Waals surface area (Å²) in [5.41, 5.74) is 2.79. The maximum atomic E-state index is 6.04. The summed E-state index contributed by atoms with van der Waals surface area (Å²) in [6.07, 6.45) is 3.34. The lowest BCUT2D eigenvalue weighted by molar-refractivity contribution is 0.140. The normalized spacial score (nSPS) is 12.6. The van der Waals surface area contributed by atoms with Crippen LogP contribution in [0.15, 0.2) is 24.3 Å². The van der Waals surface area contributed by atoms with Gasteiger partial charge in [-0.15, -0.1) is 11.6 Å². The fourth-order valence-corrected chi connectivity index (χ4v) is 2.27. The number of rotatable bonds is 8. The minimum absolute atomic E-state index is 0.568. The average Bonchev–Trinajstić information content (AvgIpc) is 2.35. The fraction of sp³-hybridized carbons (Fsp3) is 0.600. The molecule has 0 aliphatic heterocycles. The number of hydrogen-bond acceptors (Lipinski definition) is 1. The van der Waals surface area contributed by atoms with E-state index < -0.39 is 0 Å². The van der Waals surface area contributed by atoms with Crippen LogP contribution >= 0.6 is 11.6 Å². The van der Waals surface area contributed by atoms with Crippen LogP contribution in [0.3, 0.4) is 0 Å². The van der Waals surface area contributed by atoms with Crippen LogP contribution in [0.4, 0.5) is 0 Å². The van der Waals surface area contributed by atoms with Gasteiger partial charge in [0.05, 0.1) is 0 Å². The van der Waals surface area contributed by atoms with E-state index in [2.05, 4.69) is 31.2 Å². The highest BCUT2D eigenvalue weighted by Gasteiger charge is 2.09. The third kappa shape index (κ3) is 5.56. The monoisotopic (exact) mass is 254 g/mol. The zero-order chi connectivity index (χ0) is 12.5. The Morgan fingerprint density at radius 1 is 1.29 bits per heavy atom. The van der Waals surface area contributed by atoms with Crippen molar-refractivity contribution in [2.45, 2.75) is 33.1 Å². The number of alkyl halides is 1. The summed E-state index contributed by atoms with van der Waals surface area (Å²) in [7, 11) is 0. The average molecular weight is 255 g/mol. The van der Waals surface area contributed by atoms with Gasteiger partial charge in [-0.3, -0.25) is 0 Å². The Hall–Kier alpha value is -0.530. The van der Waals surface area contributed by atoms with E-state index in [1.165, 1.54) is 11.1 Å². The highest BCUT2D eigenvalue weighted by molar-refractivity contribution is 6.18. The topological polar surface area (TPSA) is 9.23 Å². The van der Waals surface area contributed by atoms with Crippen molar-refractivity contribution in [2.24, 2.45) is 5.92 Å². The third-order valence-electron chi connectivity index (χ3n) is 3.09. The van der Waals surface area contributed by atoms with Crippen molar-refractivity contribution in [2.75, 3.05) is 19.1 Å². The second-order valence-corrected chi connectivity index (χ2v) is 4.80. The van der Waals surface area contributed by atoms with Crippen molar-refractivity contribution in [3.63, 3.8) is 0 Å². The molecular formula is C15H23ClO. The van der Waals surface area contributed by atoms with E-state index in [9.17, 15) is 0 Å². The molecule has 0 spiro atoms. The van der Waals surface area contributed by atoms with Gasteiger partial charge in [-0.2, -0.15) is 0 Å². The summed E-state index contributed by atoms with van der Waals surface area (Å²) in [5, 5.41) is 0. The Kier molecular flexibility index (Phi) is 7.30. The van der Waals surface area contributed by atoms with Gasteiger partial charge in [0.25, 0.3) is 0 Å². The van der Waals surface area contributed by atoms with Crippen LogP contribution in [-0.4, -0.2) is 19.1 Å². The van der Waals surface area contributed by atoms with Crippen LogP contribution in [0.1, 0.15) is 30.9 Å². The first-order valence-electron chi connectivity index (χ1n) is 6.46. The Labute approximate surface area is 110 Å². The Balaban J connectivity index is 2.38. The van der Waals surface area contributed by atoms with Crippen LogP contribution in [0, 0.1) is 12.8 Å². The molecule has 2 heteroatoms. The SMILES string of the molecule is CCOCCCC(CCl)Cc1ccccc1C. The van der Waals surface area contributed by atoms with Crippen LogP contribution in [0.25, 0.3) is 0 Å². The molecule has 1 unspecified atom stereocenters. The maximum absolute atomic E-state index is 6.04. The second kappa shape index (κ2) is 8.54. The summed E-state index contributed by atoms with van der Waals surface area (Å²) in [5.74, 6) is 1.30. The number of ether oxygens (including phenoxy) is 1. The van der Waals surface area contributed by atoms with E-state index in [0.717, 1.165) is 38.4 Å². The van der Waals surface area contributed by atoms with Crippen molar-refractivity contribution >= 4 is 11.6 Å². The van der Waals surface area contributed by atoms with Gasteiger partial charge in [0, 0.05) is 19.1 Å². The summed E-state index contributed by atoms with van der Waals surface area (Å²) in [6.45, 7) is 5.87. The van der Waals surface area contributed by atoms with Crippen LogP contribution in [0.2, 0.25) is 0 Å². The minimum atomic E-state index is 0.568. The maximum Gasteiger partial charge on any atom is 0.0466 e. The second-order valence-electron chi connectivity index (χ2n) is 4.49. The molecule has 0 amide bonds. The molecule has 96 valence electrons. The highest BCUT2D eigenvalue weighted by atomic mass is 35.5. The molecule has 0 fully saturated rings. The molecule has 0 aromatic heterocycles. The highest BCUT2D eigenvalue weighted by Crippen LogP contribution is 2.18. The fourth-order valence-electron chi connectivity index (χ4n) is 2.00. The molecule has 0 heterocycles. The largest absolute Gasteiger partial charge is 0.382 e. The molecule has 1 aromatic rings. The van der Waals surface area contributed by atoms with Gasteiger partial charge in [0.1, 0.15) is 0 Å². The summed E-state index contributed by atoms with van der Waals surface area (Å²) in [4.78, 5) is 0. The van der Waals surface area contributed by atoms with Gasteiger partial charge in [0.2, 0.25) is 0 Å². The van der Waals surface area contributed by atoms with Crippen LogP contribution < -0.4 is 0 Å². The standard InChI is InChI=1S/C15H23ClO/c1-3-17-10-6-8-14(12-16)11-15-9-5-4-7-13(15)2/h4-5,7,9,14H,3,6,8,10-12H2,1-2H3. The van der Waals surface area contributed by atoms with Gasteiger partial charge < -0.3 is 4.74 Å². The molecule has 0 aliphatic rings. The van der Waals surface area contributed by atoms with E-state index in [4.69, 9.17) is 16.3 Å². The van der Waals surface area contributed by atoms with Crippen LogP contribution in [-0.2, 0) is 11.2 Å². The number of hydrogen-bond donors (Lipinski definition) is 0. The summed E-state index contributed by atoms with van der Waals surface area (Å²) in [6, 6.07) is 8.57. The molecule has 1 nitrogen and oxygen atoms in total. The van der Waals surface area contributed by atoms with E-state index in [0.29, 0.717) is 5.92 Å². The van der Waals surface area contributed by atoms with Crippen molar-refractivity contribution < 1.29 is 4.74 Å². The first kappa shape index (κ1) is 14.5. The Bertz CT molecular complexity index is 312. The predicted octanol–water partition coefficient (Wildman–Crippen LogP) is 4.21. The molecule has 0 N–H and O–H groups in total. The molecule has 1 atom stereocenters. The van der Waals surface area contributed by atoms with Crippen molar-refractivity contribution in [3.8, 4) is 0 Å². The van der Waals surface area contributed by atoms with E-state index in [1.54, 1.807) is 0 Å². The zero-order valence-electron chi connectivity index (χ0n) is 10.9. The molecule has 0 saturated heterocycles. The third-order valence-corrected chi connectivity index (χ3v) is 3.53. The van der Waals surface area contributed by atoms with Gasteiger partial charge >= 0.3 is 0 Å². The summed E-state index contributed by atoms with van der Waals surface area (Å²) < 4.78 is 5.36. The first-order chi connectivity index (χ1) is 8.27. The molecule has 0 radical (unpaired) electrons. The number of halogens is 1. The Morgan fingerprint density at radius 2 is 2.06 bits per heavy atom. The molecule has 1 rings (SSSR count). The van der Waals surface area contributed by atoms with Crippen molar-refractivity contribution in [1.82, 2.24) is 0 Å². The van der Waals surface area contributed by atoms with Gasteiger partial charge in [-0.25, -0.2) is 0 Å². The Morgan fingerprint density at radius 3 is 2.71 bits per heavy atom. The van der Waals surface area contributed by atoms with Gasteiger partial charge in [0.15, 0.2) is 0 Å². The molecule has 0 aliphatic carbocycles. The lowest BCUT2D eigenvalue weighted by Crippen LogP contribution is -2.09. The van der Waals surface area contributed by atoms with Crippen molar-refractivity contribution in [3.05, 3.63) is 35.4 Å². The lowest BCUT2D eigenvalue weighted by atomic mass is 9.94. The van der Waals surface area contributed by atoms with Crippen molar-refractivity contribution in [1.29, 1.82) is 0 Å². The quantitative estimate of drug-likeness (QED) is 0.499. The van der Waals surface area contributed by atoms with Gasteiger partial charge in [-0.05, 0) is 50.2 Å².